The van der Waals surface area contributed by atoms with Crippen LogP contribution in [0.4, 0.5) is 0 Å². The molecule has 0 spiro atoms. The Labute approximate surface area is 105 Å². The first-order valence-electron chi connectivity index (χ1n) is 6.52. The van der Waals surface area contributed by atoms with E-state index in [2.05, 4.69) is 26.1 Å². The lowest BCUT2D eigenvalue weighted by Gasteiger charge is -2.43. The molecule has 102 valence electrons. The second-order valence-electron chi connectivity index (χ2n) is 5.42. The molecule has 1 fully saturated rings. The molecule has 1 aliphatic carbocycles. The molecule has 0 saturated heterocycles. The Hall–Kier alpha value is -0.160. The third-order valence-electron chi connectivity index (χ3n) is 2.93. The standard InChI is InChI=1S/C13H27NO3/c1-6-15-12-10(14-5)9-11(12)16-7-8-17-13(2,3)4/h10-12,14H,6-9H2,1-5H3. The number of nitrogens with one attached hydrogen (secondary N) is 1. The molecule has 0 heterocycles. The molecule has 17 heavy (non-hydrogen) atoms. The van der Waals surface area contributed by atoms with Crippen molar-refractivity contribution in [1.82, 2.24) is 5.32 Å². The summed E-state index contributed by atoms with van der Waals surface area (Å²) in [5, 5.41) is 3.24. The summed E-state index contributed by atoms with van der Waals surface area (Å²) in [6.45, 7) is 10.2. The minimum Gasteiger partial charge on any atom is -0.374 e. The molecular weight excluding hydrogens is 218 g/mol. The lowest BCUT2D eigenvalue weighted by molar-refractivity contribution is -0.154. The van der Waals surface area contributed by atoms with Crippen molar-refractivity contribution in [3.63, 3.8) is 0 Å². The highest BCUT2D eigenvalue weighted by Gasteiger charge is 2.41. The summed E-state index contributed by atoms with van der Waals surface area (Å²) >= 11 is 0. The Morgan fingerprint density at radius 1 is 1.18 bits per heavy atom. The Bertz CT molecular complexity index is 215. The number of likely N-dealkylation sites (N-methyl/N-ethyl adjacent to an activating group) is 1. The van der Waals surface area contributed by atoms with Crippen LogP contribution in [0.15, 0.2) is 0 Å². The van der Waals surface area contributed by atoms with Gasteiger partial charge in [-0.1, -0.05) is 0 Å². The van der Waals surface area contributed by atoms with Gasteiger partial charge in [0.1, 0.15) is 0 Å². The van der Waals surface area contributed by atoms with Crippen LogP contribution in [0.25, 0.3) is 0 Å². The predicted octanol–water partition coefficient (Wildman–Crippen LogP) is 1.58. The summed E-state index contributed by atoms with van der Waals surface area (Å²) in [5.74, 6) is 0. The highest BCUT2D eigenvalue weighted by molar-refractivity contribution is 4.96. The van der Waals surface area contributed by atoms with E-state index in [4.69, 9.17) is 14.2 Å². The topological polar surface area (TPSA) is 39.7 Å². The Morgan fingerprint density at radius 3 is 2.41 bits per heavy atom. The average Bonchev–Trinajstić information content (AvgIpc) is 2.22. The smallest absolute Gasteiger partial charge is 0.0990 e. The molecule has 3 atom stereocenters. The fourth-order valence-electron chi connectivity index (χ4n) is 1.99. The quantitative estimate of drug-likeness (QED) is 0.691. The van der Waals surface area contributed by atoms with Crippen molar-refractivity contribution in [3.05, 3.63) is 0 Å². The van der Waals surface area contributed by atoms with Gasteiger partial charge < -0.3 is 19.5 Å². The number of ether oxygens (including phenoxy) is 3. The van der Waals surface area contributed by atoms with E-state index in [0.29, 0.717) is 19.3 Å². The van der Waals surface area contributed by atoms with Crippen LogP contribution in [0.3, 0.4) is 0 Å². The molecule has 1 aliphatic rings. The van der Waals surface area contributed by atoms with E-state index < -0.39 is 0 Å². The van der Waals surface area contributed by atoms with E-state index in [1.165, 1.54) is 0 Å². The number of hydrogen-bond acceptors (Lipinski definition) is 4. The maximum absolute atomic E-state index is 5.78. The van der Waals surface area contributed by atoms with Gasteiger partial charge in [-0.25, -0.2) is 0 Å². The van der Waals surface area contributed by atoms with Gasteiger partial charge in [0.25, 0.3) is 0 Å². The molecule has 4 heteroatoms. The number of hydrogen-bond donors (Lipinski definition) is 1. The van der Waals surface area contributed by atoms with Crippen LogP contribution >= 0.6 is 0 Å². The fraction of sp³-hybridized carbons (Fsp3) is 1.00. The van der Waals surface area contributed by atoms with Crippen LogP contribution in [0.5, 0.6) is 0 Å². The predicted molar refractivity (Wildman–Crippen MR) is 68.3 cm³/mol. The maximum Gasteiger partial charge on any atom is 0.0990 e. The first-order valence-corrected chi connectivity index (χ1v) is 6.52. The van der Waals surface area contributed by atoms with E-state index >= 15 is 0 Å². The van der Waals surface area contributed by atoms with Crippen LogP contribution in [0.1, 0.15) is 34.1 Å². The molecule has 1 saturated carbocycles. The lowest BCUT2D eigenvalue weighted by Crippen LogP contribution is -2.59. The molecule has 0 aromatic heterocycles. The number of rotatable bonds is 7. The Morgan fingerprint density at radius 2 is 1.88 bits per heavy atom. The van der Waals surface area contributed by atoms with Crippen molar-refractivity contribution in [2.24, 2.45) is 0 Å². The van der Waals surface area contributed by atoms with Gasteiger partial charge in [-0.2, -0.15) is 0 Å². The van der Waals surface area contributed by atoms with Crippen molar-refractivity contribution >= 4 is 0 Å². The third-order valence-corrected chi connectivity index (χ3v) is 2.93. The van der Waals surface area contributed by atoms with Crippen LogP contribution in [0.2, 0.25) is 0 Å². The molecule has 0 bridgehead atoms. The summed E-state index contributed by atoms with van der Waals surface area (Å²) in [7, 11) is 1.97. The Balaban J connectivity index is 2.15. The average molecular weight is 245 g/mol. The van der Waals surface area contributed by atoms with Gasteiger partial charge in [-0.05, 0) is 41.2 Å². The molecule has 0 aromatic carbocycles. The van der Waals surface area contributed by atoms with Crippen molar-refractivity contribution in [2.45, 2.75) is 58.0 Å². The summed E-state index contributed by atoms with van der Waals surface area (Å²) < 4.78 is 17.1. The molecule has 0 aliphatic heterocycles. The molecule has 3 unspecified atom stereocenters. The minimum absolute atomic E-state index is 0.0875. The molecule has 0 aromatic rings. The second-order valence-corrected chi connectivity index (χ2v) is 5.42. The third kappa shape index (κ3) is 4.92. The molecule has 4 nitrogen and oxygen atoms in total. The van der Waals surface area contributed by atoms with E-state index in [9.17, 15) is 0 Å². The zero-order valence-electron chi connectivity index (χ0n) is 11.8. The van der Waals surface area contributed by atoms with Gasteiger partial charge in [0, 0.05) is 12.6 Å². The van der Waals surface area contributed by atoms with Gasteiger partial charge in [-0.15, -0.1) is 0 Å². The van der Waals surface area contributed by atoms with Crippen molar-refractivity contribution < 1.29 is 14.2 Å². The molecule has 1 N–H and O–H groups in total. The SMILES string of the molecule is CCOC1C(NC)CC1OCCOC(C)(C)C. The lowest BCUT2D eigenvalue weighted by atomic mass is 9.85. The summed E-state index contributed by atoms with van der Waals surface area (Å²) in [4.78, 5) is 0. The van der Waals surface area contributed by atoms with E-state index in [0.717, 1.165) is 13.0 Å². The highest BCUT2D eigenvalue weighted by atomic mass is 16.6. The van der Waals surface area contributed by atoms with Gasteiger partial charge in [0.2, 0.25) is 0 Å². The summed E-state index contributed by atoms with van der Waals surface area (Å²) in [6.07, 6.45) is 1.44. The zero-order valence-corrected chi connectivity index (χ0v) is 11.8. The van der Waals surface area contributed by atoms with Gasteiger partial charge in [0.05, 0.1) is 31.0 Å². The first kappa shape index (κ1) is 14.9. The highest BCUT2D eigenvalue weighted by Crippen LogP contribution is 2.27. The molecule has 1 rings (SSSR count). The van der Waals surface area contributed by atoms with Gasteiger partial charge in [0.15, 0.2) is 0 Å². The van der Waals surface area contributed by atoms with Crippen molar-refractivity contribution in [3.8, 4) is 0 Å². The van der Waals surface area contributed by atoms with Crippen molar-refractivity contribution in [1.29, 1.82) is 0 Å². The summed E-state index contributed by atoms with van der Waals surface area (Å²) in [6, 6.07) is 0.434. The zero-order chi connectivity index (χ0) is 12.9. The molecule has 0 radical (unpaired) electrons. The summed E-state index contributed by atoms with van der Waals surface area (Å²) in [5.41, 5.74) is -0.0875. The second kappa shape index (κ2) is 6.69. The maximum atomic E-state index is 5.78. The van der Waals surface area contributed by atoms with Crippen molar-refractivity contribution in [2.75, 3.05) is 26.9 Å². The normalized spacial score (nSPS) is 29.1. The largest absolute Gasteiger partial charge is 0.374 e. The van der Waals surface area contributed by atoms with Crippen LogP contribution in [-0.2, 0) is 14.2 Å². The van der Waals surface area contributed by atoms with Crippen LogP contribution < -0.4 is 5.32 Å². The Kier molecular flexibility index (Phi) is 5.86. The van der Waals surface area contributed by atoms with E-state index in [1.54, 1.807) is 0 Å². The van der Waals surface area contributed by atoms with E-state index in [1.807, 2.05) is 14.0 Å². The van der Waals surface area contributed by atoms with Crippen LogP contribution in [-0.4, -0.2) is 50.7 Å². The fourth-order valence-corrected chi connectivity index (χ4v) is 1.99. The first-order chi connectivity index (χ1) is 7.98. The monoisotopic (exact) mass is 245 g/mol. The van der Waals surface area contributed by atoms with Gasteiger partial charge >= 0.3 is 0 Å². The molecule has 0 amide bonds. The van der Waals surface area contributed by atoms with Crippen LogP contribution in [0, 0.1) is 0 Å². The van der Waals surface area contributed by atoms with E-state index in [-0.39, 0.29) is 17.8 Å². The minimum atomic E-state index is -0.0875. The molecular formula is C13H27NO3. The van der Waals surface area contributed by atoms with Gasteiger partial charge in [-0.3, -0.25) is 0 Å².